The van der Waals surface area contributed by atoms with Crippen LogP contribution in [0.1, 0.15) is 16.7 Å². The molecule has 3 aromatic rings. The first-order chi connectivity index (χ1) is 12.1. The lowest BCUT2D eigenvalue weighted by atomic mass is 10.2. The molecule has 0 unspecified atom stereocenters. The van der Waals surface area contributed by atoms with E-state index in [1.165, 1.54) is 11.1 Å². The van der Waals surface area contributed by atoms with Crippen molar-refractivity contribution in [3.05, 3.63) is 93.5 Å². The van der Waals surface area contributed by atoms with Crippen molar-refractivity contribution in [2.24, 2.45) is 0 Å². The molecule has 25 heavy (non-hydrogen) atoms. The normalized spacial score (nSPS) is 10.5. The van der Waals surface area contributed by atoms with Crippen LogP contribution < -0.4 is 10.1 Å². The van der Waals surface area contributed by atoms with Gasteiger partial charge in [-0.2, -0.15) is 0 Å². The highest BCUT2D eigenvalue weighted by atomic mass is 35.5. The van der Waals surface area contributed by atoms with Crippen LogP contribution in [0.3, 0.4) is 0 Å². The highest BCUT2D eigenvalue weighted by Gasteiger charge is 2.03. The lowest BCUT2D eigenvalue weighted by Crippen LogP contribution is -2.00. The Morgan fingerprint density at radius 3 is 2.28 bits per heavy atom. The summed E-state index contributed by atoms with van der Waals surface area (Å²) >= 11 is 12.1. The van der Waals surface area contributed by atoms with E-state index in [1.54, 1.807) is 6.07 Å². The first-order valence-electron chi connectivity index (χ1n) is 8.06. The molecule has 0 aliphatic heterocycles. The molecule has 0 saturated heterocycles. The van der Waals surface area contributed by atoms with Crippen LogP contribution >= 0.6 is 23.2 Å². The van der Waals surface area contributed by atoms with Gasteiger partial charge in [0, 0.05) is 27.8 Å². The van der Waals surface area contributed by atoms with Gasteiger partial charge in [-0.1, -0.05) is 59.1 Å². The summed E-state index contributed by atoms with van der Waals surface area (Å²) in [7, 11) is 0. The van der Waals surface area contributed by atoms with Crippen LogP contribution in [0.4, 0.5) is 5.69 Å². The molecule has 0 heterocycles. The molecule has 0 saturated carbocycles. The van der Waals surface area contributed by atoms with Crippen molar-refractivity contribution in [3.8, 4) is 5.75 Å². The molecule has 0 aliphatic rings. The first-order valence-corrected chi connectivity index (χ1v) is 8.82. The van der Waals surface area contributed by atoms with Crippen LogP contribution in [0.2, 0.25) is 10.0 Å². The maximum atomic E-state index is 6.16. The summed E-state index contributed by atoms with van der Waals surface area (Å²) in [5.74, 6) is 0.810. The van der Waals surface area contributed by atoms with Crippen molar-refractivity contribution in [1.82, 2.24) is 0 Å². The number of nitrogens with one attached hydrogen (secondary N) is 1. The van der Waals surface area contributed by atoms with E-state index in [-0.39, 0.29) is 0 Å². The largest absolute Gasteiger partial charge is 0.489 e. The van der Waals surface area contributed by atoms with E-state index in [4.69, 9.17) is 27.9 Å². The van der Waals surface area contributed by atoms with Crippen LogP contribution in [0.15, 0.2) is 66.7 Å². The molecule has 0 fully saturated rings. The minimum atomic E-state index is 0.414. The molecule has 0 aromatic heterocycles. The van der Waals surface area contributed by atoms with Gasteiger partial charge in [-0.25, -0.2) is 0 Å². The maximum Gasteiger partial charge on any atom is 0.119 e. The van der Waals surface area contributed by atoms with Crippen LogP contribution in [-0.4, -0.2) is 0 Å². The number of benzene rings is 3. The van der Waals surface area contributed by atoms with Gasteiger partial charge in [0.1, 0.15) is 12.4 Å². The fraction of sp³-hybridized carbons (Fsp3) is 0.143. The number of rotatable bonds is 6. The zero-order chi connectivity index (χ0) is 17.6. The summed E-state index contributed by atoms with van der Waals surface area (Å²) in [6.07, 6.45) is 0. The van der Waals surface area contributed by atoms with E-state index < -0.39 is 0 Å². The third kappa shape index (κ3) is 5.15. The molecule has 0 bridgehead atoms. The topological polar surface area (TPSA) is 21.3 Å². The third-order valence-corrected chi connectivity index (χ3v) is 4.47. The molecule has 3 aromatic carbocycles. The highest BCUT2D eigenvalue weighted by Crippen LogP contribution is 2.23. The Morgan fingerprint density at radius 1 is 0.880 bits per heavy atom. The van der Waals surface area contributed by atoms with E-state index >= 15 is 0 Å². The summed E-state index contributed by atoms with van der Waals surface area (Å²) in [4.78, 5) is 0. The standard InChI is InChI=1S/C21H19Cl2NO/c1-15-2-8-19(9-3-15)24-13-16-4-10-20(11-5-16)25-14-17-6-7-18(22)12-21(17)23/h2-12,24H,13-14H2,1H3. The van der Waals surface area contributed by atoms with Gasteiger partial charge in [-0.15, -0.1) is 0 Å². The van der Waals surface area contributed by atoms with Gasteiger partial charge in [-0.3, -0.25) is 0 Å². The Hall–Kier alpha value is -2.16. The predicted molar refractivity (Wildman–Crippen MR) is 106 cm³/mol. The molecule has 1 N–H and O–H groups in total. The number of anilines is 1. The highest BCUT2D eigenvalue weighted by molar-refractivity contribution is 6.35. The van der Waals surface area contributed by atoms with Gasteiger partial charge >= 0.3 is 0 Å². The Morgan fingerprint density at radius 2 is 1.60 bits per heavy atom. The molecule has 4 heteroatoms. The van der Waals surface area contributed by atoms with E-state index in [1.807, 2.05) is 24.3 Å². The molecule has 0 atom stereocenters. The third-order valence-electron chi connectivity index (χ3n) is 3.88. The summed E-state index contributed by atoms with van der Waals surface area (Å²) in [5, 5.41) is 4.65. The van der Waals surface area contributed by atoms with Crippen molar-refractivity contribution >= 4 is 28.9 Å². The molecule has 0 spiro atoms. The van der Waals surface area contributed by atoms with Gasteiger partial charge in [0.05, 0.1) is 0 Å². The monoisotopic (exact) mass is 371 g/mol. The maximum absolute atomic E-state index is 6.16. The Kier molecular flexibility index (Phi) is 5.85. The molecule has 0 amide bonds. The number of ether oxygens (including phenoxy) is 1. The smallest absolute Gasteiger partial charge is 0.119 e. The van der Waals surface area contributed by atoms with Crippen LogP contribution in [0.5, 0.6) is 5.75 Å². The van der Waals surface area contributed by atoms with E-state index in [9.17, 15) is 0 Å². The average Bonchev–Trinajstić information content (AvgIpc) is 2.61. The van der Waals surface area contributed by atoms with Gasteiger partial charge in [0.15, 0.2) is 0 Å². The molecule has 2 nitrogen and oxygen atoms in total. The lowest BCUT2D eigenvalue weighted by molar-refractivity contribution is 0.306. The fourth-order valence-corrected chi connectivity index (χ4v) is 2.84. The zero-order valence-corrected chi connectivity index (χ0v) is 15.4. The van der Waals surface area contributed by atoms with Gasteiger partial charge < -0.3 is 10.1 Å². The molecule has 0 radical (unpaired) electrons. The molecular weight excluding hydrogens is 353 g/mol. The number of hydrogen-bond donors (Lipinski definition) is 1. The van der Waals surface area contributed by atoms with Crippen molar-refractivity contribution in [2.75, 3.05) is 5.32 Å². The van der Waals surface area contributed by atoms with Crippen LogP contribution in [0.25, 0.3) is 0 Å². The fourth-order valence-electron chi connectivity index (χ4n) is 2.38. The summed E-state index contributed by atoms with van der Waals surface area (Å²) < 4.78 is 5.80. The van der Waals surface area contributed by atoms with Crippen molar-refractivity contribution < 1.29 is 4.74 Å². The Balaban J connectivity index is 1.54. The second-order valence-electron chi connectivity index (χ2n) is 5.89. The van der Waals surface area contributed by atoms with Crippen molar-refractivity contribution in [1.29, 1.82) is 0 Å². The SMILES string of the molecule is Cc1ccc(NCc2ccc(OCc3ccc(Cl)cc3Cl)cc2)cc1. The number of aryl methyl sites for hydroxylation is 1. The average molecular weight is 372 g/mol. The van der Waals surface area contributed by atoms with E-state index in [0.29, 0.717) is 16.7 Å². The summed E-state index contributed by atoms with van der Waals surface area (Å²) in [5.41, 5.74) is 4.48. The second kappa shape index (κ2) is 8.28. The Labute approximate surface area is 158 Å². The molecule has 3 rings (SSSR count). The zero-order valence-electron chi connectivity index (χ0n) is 13.9. The minimum Gasteiger partial charge on any atom is -0.489 e. The second-order valence-corrected chi connectivity index (χ2v) is 6.73. The summed E-state index contributed by atoms with van der Waals surface area (Å²) in [6.45, 7) is 3.27. The van der Waals surface area contributed by atoms with Crippen molar-refractivity contribution in [2.45, 2.75) is 20.1 Å². The molecule has 0 aliphatic carbocycles. The van der Waals surface area contributed by atoms with Crippen LogP contribution in [-0.2, 0) is 13.2 Å². The van der Waals surface area contributed by atoms with Gasteiger partial charge in [-0.05, 0) is 48.9 Å². The quantitative estimate of drug-likeness (QED) is 0.534. The van der Waals surface area contributed by atoms with Gasteiger partial charge in [0.2, 0.25) is 0 Å². The minimum absolute atomic E-state index is 0.414. The molecule has 128 valence electrons. The Bertz CT molecular complexity index is 830. The number of halogens is 2. The lowest BCUT2D eigenvalue weighted by Gasteiger charge is -2.10. The number of hydrogen-bond acceptors (Lipinski definition) is 2. The molecular formula is C21H19Cl2NO. The summed E-state index contributed by atoms with van der Waals surface area (Å²) in [6, 6.07) is 21.8. The predicted octanol–water partition coefficient (Wildman–Crippen LogP) is 6.49. The van der Waals surface area contributed by atoms with Crippen molar-refractivity contribution in [3.63, 3.8) is 0 Å². The van der Waals surface area contributed by atoms with Gasteiger partial charge in [0.25, 0.3) is 0 Å². The first kappa shape index (κ1) is 17.7. The van der Waals surface area contributed by atoms with E-state index in [0.717, 1.165) is 23.5 Å². The van der Waals surface area contributed by atoms with Crippen LogP contribution in [0, 0.1) is 6.92 Å². The van der Waals surface area contributed by atoms with E-state index in [2.05, 4.69) is 48.6 Å².